The normalized spacial score (nSPS) is 12.3. The first-order chi connectivity index (χ1) is 12.5. The van der Waals surface area contributed by atoms with E-state index in [1.165, 1.54) is 25.1 Å². The van der Waals surface area contributed by atoms with Crippen LogP contribution in [0.5, 0.6) is 0 Å². The molecule has 9 heteroatoms. The standard InChI is InChI=1S/C18H21N3O5S/c1-12-5-8-15(9-6-12)20(27(4,25)26)14(3)18(22)19-17-11-16(21(23)24)10-7-13(17)2/h5-11,14H,1-4H3,(H,19,22)/t14-/m1/s1. The molecule has 0 aliphatic carbocycles. The molecule has 2 rings (SSSR count). The third kappa shape index (κ3) is 4.82. The van der Waals surface area contributed by atoms with E-state index in [0.29, 0.717) is 11.3 Å². The van der Waals surface area contributed by atoms with Crippen LogP contribution in [0.1, 0.15) is 18.1 Å². The number of non-ortho nitro benzene ring substituents is 1. The first-order valence-electron chi connectivity index (χ1n) is 8.12. The van der Waals surface area contributed by atoms with Gasteiger partial charge in [-0.1, -0.05) is 23.8 Å². The summed E-state index contributed by atoms with van der Waals surface area (Å²) in [6.07, 6.45) is 1.02. The summed E-state index contributed by atoms with van der Waals surface area (Å²) in [5.41, 5.74) is 2.04. The zero-order chi connectivity index (χ0) is 20.4. The number of benzene rings is 2. The van der Waals surface area contributed by atoms with Gasteiger partial charge in [-0.2, -0.15) is 0 Å². The van der Waals surface area contributed by atoms with Gasteiger partial charge in [0.05, 0.1) is 22.6 Å². The highest BCUT2D eigenvalue weighted by Crippen LogP contribution is 2.25. The third-order valence-electron chi connectivity index (χ3n) is 4.07. The highest BCUT2D eigenvalue weighted by molar-refractivity contribution is 7.92. The lowest BCUT2D eigenvalue weighted by atomic mass is 10.1. The number of carbonyl (C=O) groups excluding carboxylic acids is 1. The summed E-state index contributed by atoms with van der Waals surface area (Å²) < 4.78 is 25.6. The zero-order valence-corrected chi connectivity index (χ0v) is 16.3. The van der Waals surface area contributed by atoms with Crippen LogP contribution in [-0.4, -0.2) is 31.5 Å². The van der Waals surface area contributed by atoms with Crippen LogP contribution < -0.4 is 9.62 Å². The maximum absolute atomic E-state index is 12.7. The van der Waals surface area contributed by atoms with Crippen LogP contribution in [0, 0.1) is 24.0 Å². The van der Waals surface area contributed by atoms with Crippen LogP contribution in [0.4, 0.5) is 17.1 Å². The summed E-state index contributed by atoms with van der Waals surface area (Å²) in [6.45, 7) is 5.02. The molecular formula is C18H21N3O5S. The van der Waals surface area contributed by atoms with Gasteiger partial charge in [-0.15, -0.1) is 0 Å². The second-order valence-electron chi connectivity index (χ2n) is 6.32. The molecule has 0 bridgehead atoms. The van der Waals surface area contributed by atoms with Crippen molar-refractivity contribution in [1.82, 2.24) is 0 Å². The first kappa shape index (κ1) is 20.4. The average molecular weight is 391 g/mol. The van der Waals surface area contributed by atoms with Crippen molar-refractivity contribution < 1.29 is 18.1 Å². The van der Waals surface area contributed by atoms with Gasteiger partial charge in [-0.25, -0.2) is 8.42 Å². The Morgan fingerprint density at radius 3 is 2.26 bits per heavy atom. The summed E-state index contributed by atoms with van der Waals surface area (Å²) >= 11 is 0. The highest BCUT2D eigenvalue weighted by atomic mass is 32.2. The minimum atomic E-state index is -3.73. The number of hydrogen-bond acceptors (Lipinski definition) is 5. The average Bonchev–Trinajstić information content (AvgIpc) is 2.57. The van der Waals surface area contributed by atoms with Crippen LogP contribution in [0.3, 0.4) is 0 Å². The summed E-state index contributed by atoms with van der Waals surface area (Å²) in [7, 11) is -3.73. The third-order valence-corrected chi connectivity index (χ3v) is 5.31. The molecule has 0 fully saturated rings. The number of sulfonamides is 1. The molecule has 0 heterocycles. The second-order valence-corrected chi connectivity index (χ2v) is 8.18. The van der Waals surface area contributed by atoms with Gasteiger partial charge in [-0.3, -0.25) is 19.2 Å². The molecule has 0 spiro atoms. The van der Waals surface area contributed by atoms with Crippen molar-refractivity contribution >= 4 is 33.0 Å². The summed E-state index contributed by atoms with van der Waals surface area (Å²) in [5.74, 6) is -0.593. The molecule has 1 amide bonds. The molecule has 0 unspecified atom stereocenters. The number of rotatable bonds is 6. The van der Waals surface area contributed by atoms with E-state index in [1.54, 1.807) is 31.2 Å². The van der Waals surface area contributed by atoms with Crippen molar-refractivity contribution in [3.8, 4) is 0 Å². The molecule has 0 aliphatic rings. The number of nitro benzene ring substituents is 1. The molecule has 0 aromatic heterocycles. The fourth-order valence-corrected chi connectivity index (χ4v) is 3.77. The number of nitro groups is 1. The van der Waals surface area contributed by atoms with E-state index in [1.807, 2.05) is 6.92 Å². The Bertz CT molecular complexity index is 971. The Labute approximate surface area is 158 Å². The van der Waals surface area contributed by atoms with Crippen molar-refractivity contribution in [1.29, 1.82) is 0 Å². The van der Waals surface area contributed by atoms with E-state index in [2.05, 4.69) is 5.32 Å². The van der Waals surface area contributed by atoms with Gasteiger partial charge in [0, 0.05) is 12.1 Å². The minimum absolute atomic E-state index is 0.165. The Kier molecular flexibility index (Phi) is 5.85. The van der Waals surface area contributed by atoms with E-state index in [0.717, 1.165) is 16.1 Å². The molecule has 0 saturated carbocycles. The van der Waals surface area contributed by atoms with E-state index in [9.17, 15) is 23.3 Å². The minimum Gasteiger partial charge on any atom is -0.324 e. The molecule has 8 nitrogen and oxygen atoms in total. The van der Waals surface area contributed by atoms with Gasteiger partial charge in [0.1, 0.15) is 6.04 Å². The predicted molar refractivity (Wildman–Crippen MR) is 104 cm³/mol. The molecule has 0 radical (unpaired) electrons. The summed E-state index contributed by atoms with van der Waals surface area (Å²) in [4.78, 5) is 23.1. The zero-order valence-electron chi connectivity index (χ0n) is 15.5. The van der Waals surface area contributed by atoms with Gasteiger partial charge < -0.3 is 5.32 Å². The molecule has 0 saturated heterocycles. The number of anilines is 2. The maximum atomic E-state index is 12.7. The Hall–Kier alpha value is -2.94. The fraction of sp³-hybridized carbons (Fsp3) is 0.278. The number of aryl methyl sites for hydroxylation is 2. The van der Waals surface area contributed by atoms with Crippen LogP contribution in [-0.2, 0) is 14.8 Å². The second kappa shape index (κ2) is 7.75. The maximum Gasteiger partial charge on any atom is 0.271 e. The van der Waals surface area contributed by atoms with Gasteiger partial charge in [0.2, 0.25) is 15.9 Å². The molecule has 1 N–H and O–H groups in total. The quantitative estimate of drug-likeness (QED) is 0.601. The van der Waals surface area contributed by atoms with Crippen molar-refractivity contribution in [2.75, 3.05) is 15.9 Å². The van der Waals surface area contributed by atoms with E-state index in [-0.39, 0.29) is 11.4 Å². The Balaban J connectivity index is 2.34. The number of nitrogens with one attached hydrogen (secondary N) is 1. The van der Waals surface area contributed by atoms with Crippen LogP contribution in [0.2, 0.25) is 0 Å². The molecular weight excluding hydrogens is 370 g/mol. The Morgan fingerprint density at radius 1 is 1.15 bits per heavy atom. The fourth-order valence-electron chi connectivity index (χ4n) is 2.60. The number of amides is 1. The highest BCUT2D eigenvalue weighted by Gasteiger charge is 2.29. The largest absolute Gasteiger partial charge is 0.324 e. The molecule has 2 aromatic rings. The number of carbonyl (C=O) groups is 1. The topological polar surface area (TPSA) is 110 Å². The number of hydrogen-bond donors (Lipinski definition) is 1. The van der Waals surface area contributed by atoms with Gasteiger partial charge >= 0.3 is 0 Å². The van der Waals surface area contributed by atoms with Crippen molar-refractivity contribution in [2.45, 2.75) is 26.8 Å². The van der Waals surface area contributed by atoms with Crippen LogP contribution in [0.15, 0.2) is 42.5 Å². The monoisotopic (exact) mass is 391 g/mol. The van der Waals surface area contributed by atoms with Crippen LogP contribution in [0.25, 0.3) is 0 Å². The molecule has 144 valence electrons. The smallest absolute Gasteiger partial charge is 0.271 e. The number of nitrogens with zero attached hydrogens (tertiary/aromatic N) is 2. The van der Waals surface area contributed by atoms with E-state index < -0.39 is 26.9 Å². The SMILES string of the molecule is Cc1ccc(N([C@H](C)C(=O)Nc2cc([N+](=O)[O-])ccc2C)S(C)(=O)=O)cc1. The first-order valence-corrected chi connectivity index (χ1v) is 9.97. The summed E-state index contributed by atoms with van der Waals surface area (Å²) in [5, 5.41) is 13.5. The molecule has 1 atom stereocenters. The Morgan fingerprint density at radius 2 is 1.74 bits per heavy atom. The van der Waals surface area contributed by atoms with Gasteiger partial charge in [-0.05, 0) is 38.5 Å². The molecule has 27 heavy (non-hydrogen) atoms. The van der Waals surface area contributed by atoms with Gasteiger partial charge in [0.15, 0.2) is 0 Å². The lowest BCUT2D eigenvalue weighted by molar-refractivity contribution is -0.384. The van der Waals surface area contributed by atoms with Crippen LogP contribution >= 0.6 is 0 Å². The molecule has 0 aliphatic heterocycles. The predicted octanol–water partition coefficient (Wildman–Crippen LogP) is 3.00. The lowest BCUT2D eigenvalue weighted by Gasteiger charge is -2.28. The lowest BCUT2D eigenvalue weighted by Crippen LogP contribution is -2.45. The van der Waals surface area contributed by atoms with E-state index in [4.69, 9.17) is 0 Å². The van der Waals surface area contributed by atoms with Crippen molar-refractivity contribution in [3.63, 3.8) is 0 Å². The molecule has 2 aromatic carbocycles. The van der Waals surface area contributed by atoms with Gasteiger partial charge in [0.25, 0.3) is 5.69 Å². The van der Waals surface area contributed by atoms with Crippen molar-refractivity contribution in [3.05, 3.63) is 63.7 Å². The summed E-state index contributed by atoms with van der Waals surface area (Å²) in [6, 6.07) is 9.80. The van der Waals surface area contributed by atoms with E-state index >= 15 is 0 Å². The van der Waals surface area contributed by atoms with Crippen molar-refractivity contribution in [2.24, 2.45) is 0 Å².